The molecule has 0 spiro atoms. The first-order valence-electron chi connectivity index (χ1n) is 9.45. The molecule has 0 bridgehead atoms. The predicted molar refractivity (Wildman–Crippen MR) is 110 cm³/mol. The van der Waals surface area contributed by atoms with Crippen molar-refractivity contribution in [2.24, 2.45) is 10.9 Å². The number of hydrogen-bond acceptors (Lipinski definition) is 7. The molecule has 2 rings (SSSR count). The van der Waals surface area contributed by atoms with Crippen LogP contribution in [-0.2, 0) is 14.3 Å². The van der Waals surface area contributed by atoms with Crippen LogP contribution in [0.2, 0.25) is 0 Å². The first kappa shape index (κ1) is 21.5. The zero-order valence-electron chi connectivity index (χ0n) is 16.6. The summed E-state index contributed by atoms with van der Waals surface area (Å²) in [6, 6.07) is 2.33. The fourth-order valence-corrected chi connectivity index (χ4v) is 3.43. The van der Waals surface area contributed by atoms with Gasteiger partial charge in [0.05, 0.1) is 18.7 Å². The SMILES string of the molecule is COC(=O)C[C@@H](C)c1cnc(N(CC(C)C)C2CCOCC2)c(N=C=S)c1. The minimum absolute atomic E-state index is 0.0142. The van der Waals surface area contributed by atoms with Crippen molar-refractivity contribution in [1.82, 2.24) is 4.98 Å². The van der Waals surface area contributed by atoms with Gasteiger partial charge in [-0.1, -0.05) is 20.8 Å². The molecule has 1 atom stereocenters. The fraction of sp³-hybridized carbons (Fsp3) is 0.650. The lowest BCUT2D eigenvalue weighted by molar-refractivity contribution is -0.140. The number of isothiocyanates is 1. The van der Waals surface area contributed by atoms with E-state index in [2.05, 4.69) is 28.9 Å². The minimum Gasteiger partial charge on any atom is -0.469 e. The van der Waals surface area contributed by atoms with Crippen molar-refractivity contribution >= 4 is 34.9 Å². The van der Waals surface area contributed by atoms with Gasteiger partial charge in [-0.3, -0.25) is 4.79 Å². The molecule has 148 valence electrons. The summed E-state index contributed by atoms with van der Waals surface area (Å²) >= 11 is 4.87. The molecule has 2 heterocycles. The fourth-order valence-electron chi connectivity index (χ4n) is 3.33. The molecule has 0 saturated carbocycles. The molecule has 1 aliphatic rings. The Kier molecular flexibility index (Phi) is 8.35. The van der Waals surface area contributed by atoms with Crippen molar-refractivity contribution in [3.05, 3.63) is 17.8 Å². The molecule has 1 aliphatic heterocycles. The summed E-state index contributed by atoms with van der Waals surface area (Å²) in [5.74, 6) is 1.05. The van der Waals surface area contributed by atoms with E-state index in [1.165, 1.54) is 7.11 Å². The summed E-state index contributed by atoms with van der Waals surface area (Å²) in [6.45, 7) is 8.78. The molecule has 0 radical (unpaired) electrons. The van der Waals surface area contributed by atoms with Crippen LogP contribution in [0, 0.1) is 5.92 Å². The van der Waals surface area contributed by atoms with E-state index in [-0.39, 0.29) is 11.9 Å². The molecule has 6 nitrogen and oxygen atoms in total. The lowest BCUT2D eigenvalue weighted by Gasteiger charge is -2.37. The highest BCUT2D eigenvalue weighted by Gasteiger charge is 2.26. The van der Waals surface area contributed by atoms with Gasteiger partial charge in [-0.2, -0.15) is 4.99 Å². The van der Waals surface area contributed by atoms with Gasteiger partial charge in [0.2, 0.25) is 0 Å². The Bertz CT molecular complexity index is 683. The average molecular weight is 392 g/mol. The van der Waals surface area contributed by atoms with E-state index in [0.29, 0.717) is 24.1 Å². The zero-order chi connectivity index (χ0) is 19.8. The maximum absolute atomic E-state index is 11.6. The maximum atomic E-state index is 11.6. The van der Waals surface area contributed by atoms with Crippen LogP contribution in [-0.4, -0.2) is 49.0 Å². The Morgan fingerprint density at radius 3 is 2.74 bits per heavy atom. The molecule has 1 saturated heterocycles. The number of aromatic nitrogens is 1. The van der Waals surface area contributed by atoms with E-state index >= 15 is 0 Å². The smallest absolute Gasteiger partial charge is 0.306 e. The molecule has 1 aromatic heterocycles. The van der Waals surface area contributed by atoms with Gasteiger partial charge in [0.25, 0.3) is 0 Å². The Hall–Kier alpha value is -1.82. The number of carbonyl (C=O) groups excluding carboxylic acids is 1. The number of nitrogens with zero attached hydrogens (tertiary/aromatic N) is 3. The number of hydrogen-bond donors (Lipinski definition) is 0. The van der Waals surface area contributed by atoms with E-state index in [1.54, 1.807) is 0 Å². The molecular weight excluding hydrogens is 362 g/mol. The van der Waals surface area contributed by atoms with Crippen molar-refractivity contribution < 1.29 is 14.3 Å². The van der Waals surface area contributed by atoms with Gasteiger partial charge in [0, 0.05) is 32.0 Å². The van der Waals surface area contributed by atoms with Crippen LogP contribution < -0.4 is 4.90 Å². The number of ether oxygens (including phenoxy) is 2. The van der Waals surface area contributed by atoms with Crippen LogP contribution in [0.1, 0.15) is 51.5 Å². The van der Waals surface area contributed by atoms with Crippen molar-refractivity contribution in [1.29, 1.82) is 0 Å². The number of anilines is 1. The number of methoxy groups -OCH3 is 1. The second-order valence-corrected chi connectivity index (χ2v) is 7.57. The summed E-state index contributed by atoms with van der Waals surface area (Å²) < 4.78 is 10.3. The molecule has 0 N–H and O–H groups in total. The van der Waals surface area contributed by atoms with E-state index in [1.807, 2.05) is 19.2 Å². The molecule has 0 unspecified atom stereocenters. The number of thiocarbonyl (C=S) groups is 1. The van der Waals surface area contributed by atoms with Crippen molar-refractivity contribution in [3.8, 4) is 0 Å². The van der Waals surface area contributed by atoms with Gasteiger partial charge < -0.3 is 14.4 Å². The van der Waals surface area contributed by atoms with E-state index in [9.17, 15) is 4.79 Å². The van der Waals surface area contributed by atoms with Gasteiger partial charge in [0.15, 0.2) is 5.82 Å². The minimum atomic E-state index is -0.241. The molecule has 1 fully saturated rings. The van der Waals surface area contributed by atoms with Crippen LogP contribution in [0.15, 0.2) is 17.3 Å². The third-order valence-corrected chi connectivity index (χ3v) is 4.86. The highest BCUT2D eigenvalue weighted by Crippen LogP contribution is 2.34. The van der Waals surface area contributed by atoms with Crippen molar-refractivity contribution in [3.63, 3.8) is 0 Å². The Labute approximate surface area is 167 Å². The molecule has 7 heteroatoms. The molecule has 0 amide bonds. The van der Waals surface area contributed by atoms with Crippen molar-refractivity contribution in [2.75, 3.05) is 31.8 Å². The highest BCUT2D eigenvalue weighted by molar-refractivity contribution is 7.78. The van der Waals surface area contributed by atoms with Crippen LogP contribution in [0.3, 0.4) is 0 Å². The summed E-state index contributed by atoms with van der Waals surface area (Å²) in [6.07, 6.45) is 4.07. The Morgan fingerprint density at radius 2 is 2.15 bits per heavy atom. The standard InChI is InChI=1S/C20H29N3O3S/c1-14(2)12-23(17-5-7-26-8-6-17)20-18(22-13-27)10-16(11-21-20)15(3)9-19(24)25-4/h10-11,14-15,17H,5-9,12H2,1-4H3/t15-/m1/s1. The average Bonchev–Trinajstić information content (AvgIpc) is 2.67. The van der Waals surface area contributed by atoms with Crippen LogP contribution in [0.25, 0.3) is 0 Å². The number of carbonyl (C=O) groups is 1. The maximum Gasteiger partial charge on any atom is 0.306 e. The van der Waals surface area contributed by atoms with Crippen molar-refractivity contribution in [2.45, 2.75) is 52.0 Å². The Balaban J connectivity index is 2.36. The Morgan fingerprint density at radius 1 is 1.44 bits per heavy atom. The van der Waals surface area contributed by atoms with E-state index in [4.69, 9.17) is 26.7 Å². The van der Waals surface area contributed by atoms with Gasteiger partial charge >= 0.3 is 5.97 Å². The second kappa shape index (κ2) is 10.5. The first-order chi connectivity index (χ1) is 13.0. The second-order valence-electron chi connectivity index (χ2n) is 7.39. The van der Waals surface area contributed by atoms with E-state index in [0.717, 1.165) is 44.0 Å². The number of rotatable bonds is 8. The van der Waals surface area contributed by atoms with Crippen LogP contribution >= 0.6 is 12.2 Å². The third-order valence-electron chi connectivity index (χ3n) is 4.77. The number of aliphatic imine (C=N–C) groups is 1. The molecular formula is C20H29N3O3S. The first-order valence-corrected chi connectivity index (χ1v) is 9.86. The van der Waals surface area contributed by atoms with Crippen LogP contribution in [0.4, 0.5) is 11.5 Å². The molecule has 27 heavy (non-hydrogen) atoms. The normalized spacial score (nSPS) is 15.9. The molecule has 0 aliphatic carbocycles. The zero-order valence-corrected chi connectivity index (χ0v) is 17.4. The van der Waals surface area contributed by atoms with Gasteiger partial charge in [-0.15, -0.1) is 0 Å². The third kappa shape index (κ3) is 6.09. The van der Waals surface area contributed by atoms with E-state index < -0.39 is 0 Å². The topological polar surface area (TPSA) is 64.0 Å². The summed E-state index contributed by atoms with van der Waals surface area (Å²) in [7, 11) is 1.40. The summed E-state index contributed by atoms with van der Waals surface area (Å²) in [5.41, 5.74) is 1.64. The van der Waals surface area contributed by atoms with Gasteiger partial charge in [-0.25, -0.2) is 4.98 Å². The summed E-state index contributed by atoms with van der Waals surface area (Å²) in [5, 5.41) is 2.48. The summed E-state index contributed by atoms with van der Waals surface area (Å²) in [4.78, 5) is 22.9. The predicted octanol–water partition coefficient (Wildman–Crippen LogP) is 4.12. The van der Waals surface area contributed by atoms with Crippen LogP contribution in [0.5, 0.6) is 0 Å². The monoisotopic (exact) mass is 391 g/mol. The molecule has 1 aromatic rings. The lowest BCUT2D eigenvalue weighted by atomic mass is 9.98. The highest BCUT2D eigenvalue weighted by atomic mass is 32.1. The largest absolute Gasteiger partial charge is 0.469 e. The number of esters is 1. The number of pyridine rings is 1. The lowest BCUT2D eigenvalue weighted by Crippen LogP contribution is -2.42. The van der Waals surface area contributed by atoms with Gasteiger partial charge in [0.1, 0.15) is 5.69 Å². The van der Waals surface area contributed by atoms with Gasteiger partial charge in [-0.05, 0) is 48.5 Å². The molecule has 0 aromatic carbocycles. The quantitative estimate of drug-likeness (QED) is 0.377.